The molecule has 0 aliphatic carbocycles. The summed E-state index contributed by atoms with van der Waals surface area (Å²) in [6.07, 6.45) is 0. The van der Waals surface area contributed by atoms with Gasteiger partial charge in [-0.1, -0.05) is 176 Å². The summed E-state index contributed by atoms with van der Waals surface area (Å²) in [5.74, 6) is 0. The molecule has 11 aromatic carbocycles. The first-order chi connectivity index (χ1) is 34.2. The molecule has 0 fully saturated rings. The van der Waals surface area contributed by atoms with Gasteiger partial charge >= 0.3 is 0 Å². The van der Waals surface area contributed by atoms with Crippen LogP contribution in [-0.2, 0) is 0 Å². The minimum atomic E-state index is 1.14. The number of fused-ring (bicyclic) bond motifs is 9. The predicted molar refractivity (Wildman–Crippen MR) is 295 cm³/mol. The van der Waals surface area contributed by atoms with E-state index in [4.69, 9.17) is 0 Å². The number of aromatic nitrogens is 2. The lowest BCUT2D eigenvalue weighted by molar-refractivity contribution is 1.18. The fourth-order valence-corrected chi connectivity index (χ4v) is 12.0. The first kappa shape index (κ1) is 39.4. The molecule has 0 saturated heterocycles. The zero-order valence-electron chi connectivity index (χ0n) is 37.6. The Kier molecular flexibility index (Phi) is 9.11. The maximum absolute atomic E-state index is 2.47. The van der Waals surface area contributed by atoms with Crippen LogP contribution in [0.15, 0.2) is 255 Å². The summed E-state index contributed by atoms with van der Waals surface area (Å²) in [4.78, 5) is 0. The van der Waals surface area contributed by atoms with Gasteiger partial charge in [-0.3, -0.25) is 0 Å². The van der Waals surface area contributed by atoms with Gasteiger partial charge in [-0.05, 0) is 129 Å². The number of nitrogens with zero attached hydrogens (tertiary/aromatic N) is 2. The van der Waals surface area contributed by atoms with E-state index >= 15 is 0 Å². The topological polar surface area (TPSA) is 9.86 Å². The summed E-state index contributed by atoms with van der Waals surface area (Å²) in [6.45, 7) is 0. The number of para-hydroxylation sites is 1. The highest BCUT2D eigenvalue weighted by Gasteiger charge is 2.20. The van der Waals surface area contributed by atoms with Gasteiger partial charge in [0.25, 0.3) is 0 Å². The minimum Gasteiger partial charge on any atom is -0.309 e. The van der Waals surface area contributed by atoms with Gasteiger partial charge in [-0.25, -0.2) is 0 Å². The molecule has 69 heavy (non-hydrogen) atoms. The number of thiophene rings is 1. The van der Waals surface area contributed by atoms with Crippen molar-refractivity contribution in [2.45, 2.75) is 0 Å². The van der Waals surface area contributed by atoms with Gasteiger partial charge in [-0.15, -0.1) is 11.3 Å². The van der Waals surface area contributed by atoms with Crippen LogP contribution in [0.4, 0.5) is 0 Å². The molecule has 0 saturated carbocycles. The zero-order chi connectivity index (χ0) is 45.4. The van der Waals surface area contributed by atoms with Gasteiger partial charge in [0.2, 0.25) is 0 Å². The second-order valence-corrected chi connectivity index (χ2v) is 19.1. The number of benzene rings is 11. The molecule has 0 N–H and O–H groups in total. The third-order valence-corrected chi connectivity index (χ3v) is 15.3. The number of hydrogen-bond acceptors (Lipinski definition) is 1. The molecule has 0 aliphatic rings. The largest absolute Gasteiger partial charge is 0.309 e. The minimum absolute atomic E-state index is 1.14. The van der Waals surface area contributed by atoms with E-state index in [-0.39, 0.29) is 0 Å². The highest BCUT2D eigenvalue weighted by atomic mass is 32.1. The average molecular weight is 895 g/mol. The fourth-order valence-electron chi connectivity index (χ4n) is 10.9. The molecule has 3 heterocycles. The van der Waals surface area contributed by atoms with E-state index in [2.05, 4.69) is 264 Å². The lowest BCUT2D eigenvalue weighted by Crippen LogP contribution is -1.98. The fraction of sp³-hybridized carbons (Fsp3) is 0. The van der Waals surface area contributed by atoms with Gasteiger partial charge in [0, 0.05) is 53.0 Å². The maximum Gasteiger partial charge on any atom is 0.0547 e. The smallest absolute Gasteiger partial charge is 0.0547 e. The zero-order valence-corrected chi connectivity index (χ0v) is 38.4. The molecule has 0 unspecified atom stereocenters. The second-order valence-electron chi connectivity index (χ2n) is 18.0. The van der Waals surface area contributed by atoms with Gasteiger partial charge in [0.05, 0.1) is 27.8 Å². The molecular formula is C66H42N2S. The standard InChI is InChI=1S/C66H42N2S/c1-4-16-43(17-5-1)47-30-34-60(55(39-47)45-20-8-3-9-21-45)68-59-27-12-10-24-53(59)56-40-48(31-35-61(56)68)49-32-36-62-58(42-49)66-52(44-18-6-2-7-19-44)26-15-28-63(66)67(62)51-23-14-22-46(38-51)50-33-37-65-57(41-50)54-25-11-13-29-64(54)69-65/h1-42H. The molecule has 2 nitrogen and oxygen atoms in total. The van der Waals surface area contributed by atoms with Crippen LogP contribution < -0.4 is 0 Å². The van der Waals surface area contributed by atoms with Crippen molar-refractivity contribution in [3.63, 3.8) is 0 Å². The average Bonchev–Trinajstić information content (AvgIpc) is 4.08. The molecular weight excluding hydrogens is 853 g/mol. The van der Waals surface area contributed by atoms with Gasteiger partial charge < -0.3 is 9.13 Å². The summed E-state index contributed by atoms with van der Waals surface area (Å²) in [6, 6.07) is 93.8. The van der Waals surface area contributed by atoms with Crippen molar-refractivity contribution < 1.29 is 0 Å². The van der Waals surface area contributed by atoms with Crippen LogP contribution in [0.25, 0.3) is 131 Å². The van der Waals surface area contributed by atoms with E-state index in [9.17, 15) is 0 Å². The summed E-state index contributed by atoms with van der Waals surface area (Å²) >= 11 is 1.86. The first-order valence-electron chi connectivity index (χ1n) is 23.7. The summed E-state index contributed by atoms with van der Waals surface area (Å²) in [7, 11) is 0. The van der Waals surface area contributed by atoms with Crippen molar-refractivity contribution in [2.75, 3.05) is 0 Å². The van der Waals surface area contributed by atoms with Crippen molar-refractivity contribution in [3.8, 4) is 67.0 Å². The van der Waals surface area contributed by atoms with Crippen LogP contribution in [0.5, 0.6) is 0 Å². The molecule has 14 aromatic rings. The molecule has 0 aliphatic heterocycles. The maximum atomic E-state index is 2.47. The number of rotatable bonds is 7. The Morgan fingerprint density at radius 1 is 0.246 bits per heavy atom. The van der Waals surface area contributed by atoms with Crippen molar-refractivity contribution in [3.05, 3.63) is 255 Å². The summed E-state index contributed by atoms with van der Waals surface area (Å²) in [5, 5.41) is 7.57. The third kappa shape index (κ3) is 6.47. The predicted octanol–water partition coefficient (Wildman–Crippen LogP) is 18.6. The molecule has 0 bridgehead atoms. The monoisotopic (exact) mass is 894 g/mol. The van der Waals surface area contributed by atoms with Gasteiger partial charge in [0.15, 0.2) is 0 Å². The van der Waals surface area contributed by atoms with Crippen molar-refractivity contribution in [1.29, 1.82) is 0 Å². The van der Waals surface area contributed by atoms with Gasteiger partial charge in [0.1, 0.15) is 0 Å². The molecule has 322 valence electrons. The molecule has 14 rings (SSSR count). The van der Waals surface area contributed by atoms with E-state index in [0.717, 1.165) is 11.4 Å². The first-order valence-corrected chi connectivity index (χ1v) is 24.5. The number of hydrogen-bond donors (Lipinski definition) is 0. The Morgan fingerprint density at radius 3 is 1.52 bits per heavy atom. The third-order valence-electron chi connectivity index (χ3n) is 14.1. The van der Waals surface area contributed by atoms with Crippen LogP contribution in [0.2, 0.25) is 0 Å². The van der Waals surface area contributed by atoms with Crippen LogP contribution in [-0.4, -0.2) is 9.13 Å². The Hall–Kier alpha value is -8.76. The van der Waals surface area contributed by atoms with Gasteiger partial charge in [-0.2, -0.15) is 0 Å². The Labute approximate surface area is 403 Å². The van der Waals surface area contributed by atoms with Crippen LogP contribution in [0, 0.1) is 0 Å². The quantitative estimate of drug-likeness (QED) is 0.151. The SMILES string of the molecule is c1ccc(-c2ccc(-n3c4ccccc4c4cc(-c5ccc6c(c5)c5c(-c7ccccc7)cccc5n6-c5cccc(-c6ccc7sc8ccccc8c7c6)c5)ccc43)c(-c3ccccc3)c2)cc1. The highest BCUT2D eigenvalue weighted by molar-refractivity contribution is 7.25. The van der Waals surface area contributed by atoms with Crippen molar-refractivity contribution >= 4 is 75.1 Å². The molecule has 0 spiro atoms. The van der Waals surface area contributed by atoms with E-state index in [1.807, 2.05) is 11.3 Å². The highest BCUT2D eigenvalue weighted by Crippen LogP contribution is 2.44. The van der Waals surface area contributed by atoms with E-state index < -0.39 is 0 Å². The molecule has 0 radical (unpaired) electrons. The van der Waals surface area contributed by atoms with E-state index in [1.165, 1.54) is 119 Å². The van der Waals surface area contributed by atoms with Crippen LogP contribution in [0.3, 0.4) is 0 Å². The van der Waals surface area contributed by atoms with Crippen LogP contribution >= 0.6 is 11.3 Å². The van der Waals surface area contributed by atoms with E-state index in [1.54, 1.807) is 0 Å². The molecule has 3 aromatic heterocycles. The lowest BCUT2D eigenvalue weighted by Gasteiger charge is -2.16. The molecule has 0 atom stereocenters. The second kappa shape index (κ2) is 16.0. The molecule has 0 amide bonds. The Morgan fingerprint density at radius 2 is 0.754 bits per heavy atom. The summed E-state index contributed by atoms with van der Waals surface area (Å²) in [5.41, 5.74) is 19.1. The van der Waals surface area contributed by atoms with Crippen LogP contribution in [0.1, 0.15) is 0 Å². The lowest BCUT2D eigenvalue weighted by atomic mass is 9.96. The van der Waals surface area contributed by atoms with E-state index in [0.29, 0.717) is 0 Å². The normalized spacial score (nSPS) is 11.8. The van der Waals surface area contributed by atoms with Crippen molar-refractivity contribution in [1.82, 2.24) is 9.13 Å². The Balaban J connectivity index is 0.943. The summed E-state index contributed by atoms with van der Waals surface area (Å²) < 4.78 is 7.57. The van der Waals surface area contributed by atoms with Crippen molar-refractivity contribution in [2.24, 2.45) is 0 Å². The molecule has 3 heteroatoms. The Bertz CT molecular complexity index is 4290.